The minimum absolute atomic E-state index is 0. The van der Waals surface area contributed by atoms with Crippen LogP contribution < -0.4 is 0 Å². The van der Waals surface area contributed by atoms with E-state index in [1.807, 2.05) is 273 Å². The van der Waals surface area contributed by atoms with Gasteiger partial charge < -0.3 is 15.3 Å². The van der Waals surface area contributed by atoms with Gasteiger partial charge in [0.25, 0.3) is 0 Å². The van der Waals surface area contributed by atoms with E-state index in [2.05, 4.69) is 19.9 Å². The number of hydrogen-bond acceptors (Lipinski definition) is 3. The Kier molecular flexibility index (Phi) is 19.9. The Bertz CT molecular complexity index is 2760. The van der Waals surface area contributed by atoms with Crippen molar-refractivity contribution in [2.75, 3.05) is 0 Å². The third-order valence-corrected chi connectivity index (χ3v) is 14.9. The topological polar surface area (TPSA) is 112 Å². The molecule has 0 aliphatic heterocycles. The van der Waals surface area contributed by atoms with Crippen molar-refractivity contribution in [2.24, 2.45) is 5.92 Å². The maximum absolute atomic E-state index is 12.4. The Balaban J connectivity index is 0.000000154. The second-order valence-electron chi connectivity index (χ2n) is 19.2. The minimum Gasteiger partial charge on any atom is -0.480 e. The van der Waals surface area contributed by atoms with Crippen molar-refractivity contribution in [2.45, 2.75) is 55.8 Å². The van der Waals surface area contributed by atoms with Crippen molar-refractivity contribution in [3.63, 3.8) is 0 Å². The zero-order valence-electron chi connectivity index (χ0n) is 44.0. The fourth-order valence-corrected chi connectivity index (χ4v) is 11.0. The van der Waals surface area contributed by atoms with Gasteiger partial charge in [-0.1, -0.05) is 318 Å². The number of aliphatic carboxylic acids is 3. The summed E-state index contributed by atoms with van der Waals surface area (Å²) in [6, 6.07) is 84.4. The zero-order valence-corrected chi connectivity index (χ0v) is 45.5. The van der Waals surface area contributed by atoms with Crippen molar-refractivity contribution in [1.82, 2.24) is 0 Å². The summed E-state index contributed by atoms with van der Waals surface area (Å²) in [7, 11) is 0. The largest absolute Gasteiger partial charge is 0.480 e. The van der Waals surface area contributed by atoms with Crippen LogP contribution >= 0.6 is 0 Å². The van der Waals surface area contributed by atoms with Crippen LogP contribution in [0.15, 0.2) is 290 Å². The number of rotatable bonds is 12. The van der Waals surface area contributed by atoms with E-state index in [0.29, 0.717) is 5.92 Å². The normalized spacial score (nSPS) is 13.7. The van der Waals surface area contributed by atoms with Crippen LogP contribution in [0, 0.1) is 12.0 Å². The average molecular weight is 1060 g/mol. The molecule has 1 atom stereocenters. The first kappa shape index (κ1) is 57.3. The van der Waals surface area contributed by atoms with E-state index in [4.69, 9.17) is 0 Å². The van der Waals surface area contributed by atoms with Gasteiger partial charge in [-0.25, -0.2) is 17.2 Å². The molecule has 9 aromatic rings. The molecule has 0 amide bonds. The summed E-state index contributed by atoms with van der Waals surface area (Å²) in [4.78, 5) is 37.3. The van der Waals surface area contributed by atoms with Gasteiger partial charge in [0, 0.05) is 21.7 Å². The van der Waals surface area contributed by atoms with Gasteiger partial charge in [0.2, 0.25) is 0 Å². The van der Waals surface area contributed by atoms with Gasteiger partial charge in [0.1, 0.15) is 16.2 Å². The van der Waals surface area contributed by atoms with Crippen molar-refractivity contribution in [1.29, 1.82) is 0 Å². The standard InChI is InChI=1S/3C20H16O2.C11H15.Ti/c3*21-19(22)20(16-10-4-1-5-11-16,17-12-6-2-7-13-17)18-14-8-3-9-15-18;1-8-7-10-5-3-4-6-11(10)9(8)2;/h3*1-15H,(H,21,22);9H,3-6H2,1-2H3;/q;;;-1;. The first-order valence-corrected chi connectivity index (χ1v) is 26.1. The number of carbonyl (C=O) groups is 3. The molecule has 388 valence electrons. The third kappa shape index (κ3) is 11.9. The Labute approximate surface area is 474 Å². The van der Waals surface area contributed by atoms with Gasteiger partial charge in [0.15, 0.2) is 0 Å². The molecular weight excluding hydrogens is 997 g/mol. The van der Waals surface area contributed by atoms with E-state index in [0.717, 1.165) is 50.1 Å². The first-order chi connectivity index (χ1) is 37.6. The first-order valence-electron chi connectivity index (χ1n) is 26.1. The van der Waals surface area contributed by atoms with E-state index in [9.17, 15) is 29.7 Å². The van der Waals surface area contributed by atoms with Crippen LogP contribution in [0.5, 0.6) is 0 Å². The molecule has 9 aromatic carbocycles. The predicted molar refractivity (Wildman–Crippen MR) is 308 cm³/mol. The van der Waals surface area contributed by atoms with Crippen molar-refractivity contribution >= 4 is 17.9 Å². The molecular formula is C71H63O6Ti-. The fourth-order valence-electron chi connectivity index (χ4n) is 11.0. The molecule has 3 N–H and O–H groups in total. The summed E-state index contributed by atoms with van der Waals surface area (Å²) >= 11 is 0. The molecule has 1 unspecified atom stereocenters. The van der Waals surface area contributed by atoms with Crippen LogP contribution in [0.2, 0.25) is 0 Å². The number of allylic oxidation sites excluding steroid dienone is 4. The summed E-state index contributed by atoms with van der Waals surface area (Å²) in [5.41, 5.74) is 7.82. The monoisotopic (exact) mass is 1060 g/mol. The van der Waals surface area contributed by atoms with Crippen molar-refractivity contribution < 1.29 is 51.4 Å². The second kappa shape index (κ2) is 27.1. The van der Waals surface area contributed by atoms with Gasteiger partial charge in [-0.3, -0.25) is 14.4 Å². The molecule has 0 saturated carbocycles. The second-order valence-corrected chi connectivity index (χ2v) is 19.2. The number of carboxylic acid groups (broad SMARTS) is 3. The molecule has 78 heavy (non-hydrogen) atoms. The van der Waals surface area contributed by atoms with Crippen LogP contribution in [0.3, 0.4) is 0 Å². The van der Waals surface area contributed by atoms with Crippen molar-refractivity contribution in [3.8, 4) is 0 Å². The Hall–Kier alpha value is -8.42. The molecule has 0 radical (unpaired) electrons. The number of hydrogen-bond donors (Lipinski definition) is 3. The summed E-state index contributed by atoms with van der Waals surface area (Å²) in [6.45, 7) is 4.53. The molecule has 0 saturated heterocycles. The summed E-state index contributed by atoms with van der Waals surface area (Å²) in [5.74, 6) is -1.92. The number of carboxylic acids is 3. The van der Waals surface area contributed by atoms with E-state index >= 15 is 0 Å². The van der Waals surface area contributed by atoms with Gasteiger partial charge in [-0.05, 0) is 50.1 Å². The molecule has 2 aliphatic carbocycles. The molecule has 0 fully saturated rings. The third-order valence-electron chi connectivity index (χ3n) is 14.9. The van der Waals surface area contributed by atoms with Crippen LogP contribution in [-0.2, 0) is 52.3 Å². The van der Waals surface area contributed by atoms with Gasteiger partial charge in [-0.15, -0.1) is 0 Å². The van der Waals surface area contributed by atoms with E-state index < -0.39 is 34.2 Å². The van der Waals surface area contributed by atoms with E-state index in [1.54, 1.807) is 11.1 Å². The van der Waals surface area contributed by atoms with E-state index in [1.165, 1.54) is 31.3 Å². The Morgan fingerprint density at radius 3 is 0.692 bits per heavy atom. The smallest absolute Gasteiger partial charge is 0.323 e. The minimum atomic E-state index is -1.20. The number of benzene rings is 9. The van der Waals surface area contributed by atoms with Gasteiger partial charge >= 0.3 is 17.9 Å². The average Bonchev–Trinajstić information content (AvgIpc) is 3.88. The molecule has 0 spiro atoms. The zero-order chi connectivity index (χ0) is 54.1. The Morgan fingerprint density at radius 1 is 0.346 bits per heavy atom. The van der Waals surface area contributed by atoms with Crippen LogP contribution in [0.25, 0.3) is 0 Å². The van der Waals surface area contributed by atoms with Gasteiger partial charge in [-0.2, -0.15) is 5.57 Å². The van der Waals surface area contributed by atoms with Crippen LogP contribution in [0.1, 0.15) is 89.6 Å². The molecule has 2 aliphatic rings. The van der Waals surface area contributed by atoms with Crippen LogP contribution in [-0.4, -0.2) is 33.2 Å². The SMILES string of the molecule is CC1=[C-]C2=C(CCCC2)C1C.O=C(O)C(c1ccccc1)(c1ccccc1)c1ccccc1.O=C(O)C(c1ccccc1)(c1ccccc1)c1ccccc1.O=C(O)C(c1ccccc1)(c1ccccc1)c1ccccc1.[Ti]. The Morgan fingerprint density at radius 2 is 0.526 bits per heavy atom. The maximum Gasteiger partial charge on any atom is 0.323 e. The summed E-state index contributed by atoms with van der Waals surface area (Å²) in [6.07, 6.45) is 8.91. The van der Waals surface area contributed by atoms with Crippen LogP contribution in [0.4, 0.5) is 0 Å². The van der Waals surface area contributed by atoms with E-state index in [-0.39, 0.29) is 21.7 Å². The quantitative estimate of drug-likeness (QED) is 0.0638. The molecule has 6 nitrogen and oxygen atoms in total. The summed E-state index contributed by atoms with van der Waals surface area (Å²) < 4.78 is 0. The van der Waals surface area contributed by atoms with Gasteiger partial charge in [0.05, 0.1) is 0 Å². The fraction of sp³-hybridized carbons (Fsp3) is 0.141. The predicted octanol–water partition coefficient (Wildman–Crippen LogP) is 15.6. The summed E-state index contributed by atoms with van der Waals surface area (Å²) in [5, 5.41) is 30.6. The van der Waals surface area contributed by atoms with Crippen molar-refractivity contribution in [3.05, 3.63) is 346 Å². The molecule has 11 rings (SSSR count). The molecule has 0 heterocycles. The molecule has 0 bridgehead atoms. The molecule has 0 aromatic heterocycles. The maximum atomic E-state index is 12.4. The molecule has 7 heteroatoms.